The second-order valence-electron chi connectivity index (χ2n) is 8.28. The van der Waals surface area contributed by atoms with Crippen LogP contribution in [-0.2, 0) is 30.6 Å². The molecule has 1 saturated heterocycles. The molecule has 0 spiro atoms. The van der Waals surface area contributed by atoms with Crippen LogP contribution in [-0.4, -0.2) is 74.3 Å². The van der Waals surface area contributed by atoms with Crippen molar-refractivity contribution in [1.29, 1.82) is 0 Å². The van der Waals surface area contributed by atoms with Crippen LogP contribution in [0.1, 0.15) is 5.69 Å². The third-order valence-electron chi connectivity index (χ3n) is 5.54. The zero-order valence-electron chi connectivity index (χ0n) is 20.6. The van der Waals surface area contributed by atoms with Gasteiger partial charge in [-0.3, -0.25) is 24.6 Å². The monoisotopic (exact) mass is 631 g/mol. The maximum atomic E-state index is 13.2. The van der Waals surface area contributed by atoms with Gasteiger partial charge < -0.3 is 15.3 Å². The average molecular weight is 632 g/mol. The number of oxime groups is 1. The first kappa shape index (κ1) is 30.0. The molecule has 1 unspecified atom stereocenters. The summed E-state index contributed by atoms with van der Waals surface area (Å²) in [5.41, 5.74) is -0.695. The van der Waals surface area contributed by atoms with Crippen molar-refractivity contribution in [2.75, 3.05) is 17.7 Å². The molecule has 4 heterocycles. The molecule has 1 fully saturated rings. The van der Waals surface area contributed by atoms with Crippen LogP contribution in [0, 0.1) is 0 Å². The second-order valence-corrected chi connectivity index (χ2v) is 11.0. The van der Waals surface area contributed by atoms with Gasteiger partial charge in [0.2, 0.25) is 0 Å². The number of thiazole rings is 1. The number of carboxylic acid groups (broad SMARTS) is 1. The summed E-state index contributed by atoms with van der Waals surface area (Å²) in [5.74, 6) is -5.07. The molecule has 2 atom stereocenters. The highest BCUT2D eigenvalue weighted by molar-refractivity contribution is 8.00. The van der Waals surface area contributed by atoms with E-state index in [1.807, 2.05) is 0 Å². The lowest BCUT2D eigenvalue weighted by Crippen LogP contribution is -2.71. The van der Waals surface area contributed by atoms with E-state index in [0.29, 0.717) is 16.9 Å². The molecule has 0 saturated carbocycles. The maximum absolute atomic E-state index is 13.2. The molecule has 2 aliphatic rings. The number of aromatic nitrogens is 2. The number of carbonyl (C=O) groups excluding carboxylic acids is 3. The number of aliphatic carboxylic acids is 1. The van der Waals surface area contributed by atoms with Gasteiger partial charge in [0.05, 0.1) is 0 Å². The molecule has 2 aromatic heterocycles. The van der Waals surface area contributed by atoms with Crippen LogP contribution in [0.5, 0.6) is 0 Å². The first-order chi connectivity index (χ1) is 19.4. The summed E-state index contributed by atoms with van der Waals surface area (Å²) in [5, 5.41) is 16.2. The third-order valence-corrected chi connectivity index (χ3v) is 8.05. The fourth-order valence-electron chi connectivity index (χ4n) is 3.79. The minimum atomic E-state index is -5.20. The van der Waals surface area contributed by atoms with E-state index < -0.39 is 57.8 Å². The minimum Gasteiger partial charge on any atom is -0.477 e. The lowest BCUT2D eigenvalue weighted by atomic mass is 10.0. The Kier molecular flexibility index (Phi) is 8.98. The first-order valence-electron chi connectivity index (χ1n) is 11.4. The molecule has 12 nitrogen and oxygen atoms in total. The van der Waals surface area contributed by atoms with Crippen molar-refractivity contribution in [3.8, 4) is 0 Å². The number of thioether (sulfide) groups is 1. The van der Waals surface area contributed by atoms with Gasteiger partial charge in [0.15, 0.2) is 29.8 Å². The number of halogens is 4. The van der Waals surface area contributed by atoms with E-state index in [1.165, 1.54) is 23.2 Å². The van der Waals surface area contributed by atoms with Crippen LogP contribution in [0.4, 0.5) is 18.3 Å². The van der Waals surface area contributed by atoms with Gasteiger partial charge in [-0.15, -0.1) is 11.8 Å². The highest BCUT2D eigenvalue weighted by Crippen LogP contribution is 2.40. The van der Waals surface area contributed by atoms with Gasteiger partial charge in [-0.05, 0) is 0 Å². The quantitative estimate of drug-likeness (QED) is 0.0898. The number of nitrogens with zero attached hydrogens (tertiary/aromatic N) is 4. The number of hydrogen-bond donors (Lipinski definition) is 3. The summed E-state index contributed by atoms with van der Waals surface area (Å²) in [6, 6.07) is 4.19. The predicted molar refractivity (Wildman–Crippen MR) is 141 cm³/mol. The van der Waals surface area contributed by atoms with Gasteiger partial charge in [0.1, 0.15) is 33.7 Å². The Balaban J connectivity index is 1.55. The molecular formula is C23H19ClF3N6O6S2+. The van der Waals surface area contributed by atoms with E-state index in [2.05, 4.69) is 22.0 Å². The first-order valence-corrected chi connectivity index (χ1v) is 13.7. The molecular weight excluding hydrogens is 613 g/mol. The number of carboxylic acids is 1. The number of fused-ring (bicyclic) bond motifs is 1. The molecule has 4 rings (SSSR count). The number of pyridine rings is 1. The van der Waals surface area contributed by atoms with Gasteiger partial charge in [0.25, 0.3) is 11.8 Å². The fraction of sp³-hybridized carbons (Fsp3) is 0.261. The van der Waals surface area contributed by atoms with Crippen molar-refractivity contribution in [3.63, 3.8) is 0 Å². The van der Waals surface area contributed by atoms with Gasteiger partial charge in [-0.1, -0.05) is 46.8 Å². The van der Waals surface area contributed by atoms with E-state index in [0.717, 1.165) is 4.90 Å². The maximum Gasteiger partial charge on any atom is 0.471 e. The highest BCUT2D eigenvalue weighted by Gasteiger charge is 2.55. The minimum absolute atomic E-state index is 0.167. The van der Waals surface area contributed by atoms with Gasteiger partial charge in [-0.2, -0.15) is 13.2 Å². The average Bonchev–Trinajstić information content (AvgIpc) is 3.28. The van der Waals surface area contributed by atoms with Crippen LogP contribution in [0.3, 0.4) is 0 Å². The molecule has 2 aliphatic heterocycles. The Labute approximate surface area is 242 Å². The highest BCUT2D eigenvalue weighted by atomic mass is 35.5. The molecule has 18 heteroatoms. The van der Waals surface area contributed by atoms with E-state index >= 15 is 0 Å². The normalized spacial score (nSPS) is 18.8. The van der Waals surface area contributed by atoms with Crippen molar-refractivity contribution < 1.29 is 46.9 Å². The van der Waals surface area contributed by atoms with Crippen LogP contribution < -0.4 is 15.2 Å². The van der Waals surface area contributed by atoms with Gasteiger partial charge in [-0.25, -0.2) is 14.3 Å². The summed E-state index contributed by atoms with van der Waals surface area (Å²) in [6.45, 7) is 3.50. The van der Waals surface area contributed by atoms with Crippen LogP contribution in [0.25, 0.3) is 0 Å². The summed E-state index contributed by atoms with van der Waals surface area (Å²) < 4.78 is 39.4. The number of hydrogen-bond acceptors (Lipinski definition) is 9. The SMILES string of the molecule is C=CCON=C(C(=O)NC1C(=O)N2C(C(=O)O)=C(C[n+]3ccccc3)CS[C@@H]12)c1nc(NC(=O)C(F)(F)F)sc1Cl. The van der Waals surface area contributed by atoms with E-state index in [4.69, 9.17) is 16.4 Å². The third kappa shape index (κ3) is 6.52. The predicted octanol–water partition coefficient (Wildman–Crippen LogP) is 1.93. The van der Waals surface area contributed by atoms with Crippen molar-refractivity contribution in [1.82, 2.24) is 15.2 Å². The topological polar surface area (TPSA) is 154 Å². The molecule has 0 bridgehead atoms. The summed E-state index contributed by atoms with van der Waals surface area (Å²) in [4.78, 5) is 59.5. The molecule has 216 valence electrons. The van der Waals surface area contributed by atoms with Crippen LogP contribution >= 0.6 is 34.7 Å². The Morgan fingerprint density at radius 1 is 1.32 bits per heavy atom. The smallest absolute Gasteiger partial charge is 0.471 e. The number of nitrogens with one attached hydrogen (secondary N) is 2. The second kappa shape index (κ2) is 12.3. The fourth-order valence-corrected chi connectivity index (χ4v) is 6.17. The largest absolute Gasteiger partial charge is 0.477 e. The van der Waals surface area contributed by atoms with Crippen LogP contribution in [0.15, 0.2) is 59.7 Å². The summed E-state index contributed by atoms with van der Waals surface area (Å²) in [6.07, 6.45) is -0.392. The number of alkyl halides is 3. The molecule has 3 N–H and O–H groups in total. The number of anilines is 1. The zero-order chi connectivity index (χ0) is 29.9. The molecule has 0 aliphatic carbocycles. The van der Waals surface area contributed by atoms with E-state index in [-0.39, 0.29) is 28.9 Å². The summed E-state index contributed by atoms with van der Waals surface area (Å²) >= 11 is 7.77. The van der Waals surface area contributed by atoms with Crippen molar-refractivity contribution in [2.45, 2.75) is 24.1 Å². The summed E-state index contributed by atoms with van der Waals surface area (Å²) in [7, 11) is 0. The number of rotatable bonds is 10. The Bertz CT molecular complexity index is 1470. The standard InChI is InChI=1S/C23H18ClF3N6O6S2/c1-2-8-39-31-13(12-16(24)41-22(29-12)30-21(38)23(25,26)27)17(34)28-14-18(35)33-15(20(36)37)11(10-40-19(14)33)9-32-6-4-3-5-7-32/h2-7,14,19H,1,8-10H2,(H2-,28,29,30,34,36,37,38)/p+1/t14?,19-/m0/s1. The van der Waals surface area contributed by atoms with Gasteiger partial charge >= 0.3 is 18.1 Å². The molecule has 0 aromatic carbocycles. The van der Waals surface area contributed by atoms with E-state index in [9.17, 15) is 37.5 Å². The Hall–Kier alpha value is -3.96. The lowest BCUT2D eigenvalue weighted by molar-refractivity contribution is -0.689. The number of carbonyl (C=O) groups is 4. The Morgan fingerprint density at radius 2 is 2.02 bits per heavy atom. The molecule has 3 amide bonds. The van der Waals surface area contributed by atoms with Gasteiger partial charge in [0, 0.05) is 23.5 Å². The van der Waals surface area contributed by atoms with Crippen molar-refractivity contribution in [3.05, 3.63) is 64.5 Å². The van der Waals surface area contributed by atoms with Crippen molar-refractivity contribution in [2.24, 2.45) is 5.16 Å². The van der Waals surface area contributed by atoms with E-state index in [1.54, 1.807) is 35.2 Å². The molecule has 41 heavy (non-hydrogen) atoms. The Morgan fingerprint density at radius 3 is 2.66 bits per heavy atom. The van der Waals surface area contributed by atoms with Crippen molar-refractivity contribution >= 4 is 69.2 Å². The van der Waals surface area contributed by atoms with Crippen LogP contribution in [0.2, 0.25) is 4.34 Å². The number of β-lactam (4-membered cyclic amide) rings is 1. The zero-order valence-corrected chi connectivity index (χ0v) is 22.9. The molecule has 0 radical (unpaired) electrons. The number of amides is 3. The lowest BCUT2D eigenvalue weighted by Gasteiger charge is -2.49. The molecule has 2 aromatic rings.